The molecule has 1 heterocycles. The monoisotopic (exact) mass is 308 g/mol. The minimum absolute atomic E-state index is 0.255. The third kappa shape index (κ3) is 9.57. The van der Waals surface area contributed by atoms with Crippen molar-refractivity contribution >= 4 is 14.6 Å². The zero-order valence-electron chi connectivity index (χ0n) is 13.3. The molecule has 0 saturated carbocycles. The molecule has 0 aliphatic carbocycles. The van der Waals surface area contributed by atoms with Gasteiger partial charge in [-0.15, -0.1) is 0 Å². The molecule has 0 aromatic carbocycles. The maximum atomic E-state index is 9.81. The van der Waals surface area contributed by atoms with E-state index >= 15 is 0 Å². The van der Waals surface area contributed by atoms with Crippen molar-refractivity contribution in [3.8, 4) is 0 Å². The Hall–Kier alpha value is -0.313. The molecular formula is C13H28O6Si. The molecule has 0 bridgehead atoms. The van der Waals surface area contributed by atoms with Crippen molar-refractivity contribution in [2.24, 2.45) is 0 Å². The maximum absolute atomic E-state index is 9.81. The SMILES string of the molecule is CCC(C)=O.CO[Si](CCCOCC1CO1)(OC)OC. The van der Waals surface area contributed by atoms with E-state index in [4.69, 9.17) is 22.8 Å². The van der Waals surface area contributed by atoms with E-state index in [1.54, 1.807) is 28.3 Å². The van der Waals surface area contributed by atoms with Crippen LogP contribution in [-0.4, -0.2) is 61.8 Å². The minimum atomic E-state index is -2.39. The molecule has 0 amide bonds. The first kappa shape index (κ1) is 19.7. The summed E-state index contributed by atoms with van der Waals surface area (Å²) >= 11 is 0. The van der Waals surface area contributed by atoms with Crippen LogP contribution in [0, 0.1) is 0 Å². The highest BCUT2D eigenvalue weighted by Gasteiger charge is 2.36. The van der Waals surface area contributed by atoms with Gasteiger partial charge in [-0.05, 0) is 13.3 Å². The van der Waals surface area contributed by atoms with E-state index in [-0.39, 0.29) is 5.78 Å². The first-order valence-corrected chi connectivity index (χ1v) is 8.81. The van der Waals surface area contributed by atoms with Crippen LogP contribution in [0.4, 0.5) is 0 Å². The molecule has 0 aromatic rings. The number of ketones is 1. The van der Waals surface area contributed by atoms with Crippen molar-refractivity contribution in [3.05, 3.63) is 0 Å². The molecule has 1 saturated heterocycles. The second-order valence-corrected chi connectivity index (χ2v) is 7.58. The van der Waals surface area contributed by atoms with Crippen LogP contribution in [0.1, 0.15) is 26.7 Å². The van der Waals surface area contributed by atoms with Crippen molar-refractivity contribution in [2.45, 2.75) is 38.8 Å². The van der Waals surface area contributed by atoms with Gasteiger partial charge in [-0.25, -0.2) is 0 Å². The molecule has 120 valence electrons. The molecule has 20 heavy (non-hydrogen) atoms. The number of epoxide rings is 1. The van der Waals surface area contributed by atoms with Crippen molar-refractivity contribution in [1.29, 1.82) is 0 Å². The highest BCUT2D eigenvalue weighted by molar-refractivity contribution is 6.60. The van der Waals surface area contributed by atoms with Gasteiger partial charge >= 0.3 is 8.80 Å². The average Bonchev–Trinajstić information content (AvgIpc) is 3.28. The number of hydrogen-bond donors (Lipinski definition) is 0. The normalized spacial score (nSPS) is 17.4. The van der Waals surface area contributed by atoms with Gasteiger partial charge in [0.2, 0.25) is 0 Å². The summed E-state index contributed by atoms with van der Waals surface area (Å²) in [5.41, 5.74) is 0. The minimum Gasteiger partial charge on any atom is -0.379 e. The topological polar surface area (TPSA) is 66.5 Å². The van der Waals surface area contributed by atoms with E-state index in [0.29, 0.717) is 25.7 Å². The average molecular weight is 308 g/mol. The van der Waals surface area contributed by atoms with E-state index in [1.807, 2.05) is 6.92 Å². The Labute approximate surface area is 123 Å². The van der Waals surface area contributed by atoms with Crippen LogP contribution in [0.3, 0.4) is 0 Å². The highest BCUT2D eigenvalue weighted by atomic mass is 28.4. The highest BCUT2D eigenvalue weighted by Crippen LogP contribution is 2.15. The number of carbonyl (C=O) groups excluding carboxylic acids is 1. The lowest BCUT2D eigenvalue weighted by Crippen LogP contribution is -2.42. The number of carbonyl (C=O) groups is 1. The van der Waals surface area contributed by atoms with Gasteiger partial charge in [0, 0.05) is 40.4 Å². The number of rotatable bonds is 10. The maximum Gasteiger partial charge on any atom is 0.500 e. The fourth-order valence-electron chi connectivity index (χ4n) is 1.33. The van der Waals surface area contributed by atoms with Gasteiger partial charge in [0.15, 0.2) is 0 Å². The van der Waals surface area contributed by atoms with Gasteiger partial charge in [-0.2, -0.15) is 0 Å². The zero-order valence-corrected chi connectivity index (χ0v) is 14.3. The van der Waals surface area contributed by atoms with Crippen LogP contribution < -0.4 is 0 Å². The lowest BCUT2D eigenvalue weighted by Gasteiger charge is -2.24. The van der Waals surface area contributed by atoms with E-state index in [2.05, 4.69) is 0 Å². The van der Waals surface area contributed by atoms with Crippen molar-refractivity contribution in [3.63, 3.8) is 0 Å². The van der Waals surface area contributed by atoms with Gasteiger partial charge in [0.25, 0.3) is 0 Å². The first-order valence-electron chi connectivity index (χ1n) is 6.87. The Morgan fingerprint density at radius 3 is 2.10 bits per heavy atom. The molecule has 1 aliphatic heterocycles. The lowest BCUT2D eigenvalue weighted by molar-refractivity contribution is -0.116. The fourth-order valence-corrected chi connectivity index (χ4v) is 3.02. The van der Waals surface area contributed by atoms with Gasteiger partial charge in [-0.3, -0.25) is 0 Å². The molecular weight excluding hydrogens is 280 g/mol. The standard InChI is InChI=1S/C9H20O5Si.C4H8O/c1-10-15(11-2,12-3)6-4-5-13-7-9-8-14-9;1-3-4(2)5/h9H,4-8H2,1-3H3;3H2,1-2H3. The third-order valence-electron chi connectivity index (χ3n) is 2.91. The quantitative estimate of drug-likeness (QED) is 0.347. The molecule has 7 heteroatoms. The Morgan fingerprint density at radius 1 is 1.25 bits per heavy atom. The predicted molar refractivity (Wildman–Crippen MR) is 77.7 cm³/mol. The Balaban J connectivity index is 0.000000621. The molecule has 0 N–H and O–H groups in total. The predicted octanol–water partition coefficient (Wildman–Crippen LogP) is 1.66. The van der Waals surface area contributed by atoms with Crippen LogP contribution in [0.2, 0.25) is 6.04 Å². The van der Waals surface area contributed by atoms with Crippen molar-refractivity contribution in [1.82, 2.24) is 0 Å². The zero-order chi connectivity index (χ0) is 15.4. The molecule has 0 spiro atoms. The number of hydrogen-bond acceptors (Lipinski definition) is 6. The molecule has 1 fully saturated rings. The van der Waals surface area contributed by atoms with Crippen LogP contribution in [0.5, 0.6) is 0 Å². The summed E-state index contributed by atoms with van der Waals surface area (Å²) in [7, 11) is 2.48. The smallest absolute Gasteiger partial charge is 0.379 e. The molecule has 0 radical (unpaired) electrons. The first-order chi connectivity index (χ1) is 9.53. The van der Waals surface area contributed by atoms with Gasteiger partial charge in [0.05, 0.1) is 13.2 Å². The summed E-state index contributed by atoms with van der Waals surface area (Å²) in [6, 6.07) is 0.780. The Bertz CT molecular complexity index is 245. The molecule has 6 nitrogen and oxygen atoms in total. The molecule has 1 unspecified atom stereocenters. The summed E-state index contributed by atoms with van der Waals surface area (Å²) < 4.78 is 26.3. The van der Waals surface area contributed by atoms with Gasteiger partial charge in [0.1, 0.15) is 11.9 Å². The van der Waals surface area contributed by atoms with Crippen LogP contribution >= 0.6 is 0 Å². The molecule has 1 aliphatic rings. The van der Waals surface area contributed by atoms with Crippen LogP contribution in [-0.2, 0) is 27.5 Å². The van der Waals surface area contributed by atoms with E-state index in [9.17, 15) is 4.79 Å². The summed E-state index contributed by atoms with van der Waals surface area (Å²) in [5, 5.41) is 0. The van der Waals surface area contributed by atoms with Gasteiger partial charge < -0.3 is 27.5 Å². The van der Waals surface area contributed by atoms with E-state index in [0.717, 1.165) is 19.1 Å². The lowest BCUT2D eigenvalue weighted by atomic mass is 10.4. The summed E-state index contributed by atoms with van der Waals surface area (Å²) in [6.45, 7) is 5.67. The van der Waals surface area contributed by atoms with Gasteiger partial charge in [-0.1, -0.05) is 6.92 Å². The second-order valence-electron chi connectivity index (χ2n) is 4.48. The summed E-state index contributed by atoms with van der Waals surface area (Å²) in [4.78, 5) is 9.81. The molecule has 0 aromatic heterocycles. The number of Topliss-reactive ketones (excluding diaryl/α,β-unsaturated/α-hetero) is 1. The Morgan fingerprint density at radius 2 is 1.75 bits per heavy atom. The van der Waals surface area contributed by atoms with E-state index < -0.39 is 8.80 Å². The molecule has 1 rings (SSSR count). The summed E-state index contributed by atoms with van der Waals surface area (Å²) in [5.74, 6) is 0.255. The number of ether oxygens (including phenoxy) is 2. The third-order valence-corrected chi connectivity index (χ3v) is 5.74. The van der Waals surface area contributed by atoms with Crippen molar-refractivity contribution in [2.75, 3.05) is 41.2 Å². The van der Waals surface area contributed by atoms with E-state index in [1.165, 1.54) is 0 Å². The Kier molecular flexibility index (Phi) is 11.2. The largest absolute Gasteiger partial charge is 0.500 e. The molecule has 1 atom stereocenters. The second kappa shape index (κ2) is 11.4. The van der Waals surface area contributed by atoms with Crippen molar-refractivity contribution < 1.29 is 27.5 Å². The fraction of sp³-hybridized carbons (Fsp3) is 0.923. The van der Waals surface area contributed by atoms with Crippen LogP contribution in [0.15, 0.2) is 0 Å². The summed E-state index contributed by atoms with van der Waals surface area (Å²) in [6.07, 6.45) is 1.88. The van der Waals surface area contributed by atoms with Crippen LogP contribution in [0.25, 0.3) is 0 Å².